The molecule has 0 aliphatic rings. The molecule has 4 nitrogen and oxygen atoms in total. The first-order chi connectivity index (χ1) is 12.4. The number of rotatable bonds is 14. The van der Waals surface area contributed by atoms with Crippen LogP contribution in [0.15, 0.2) is 24.3 Å². The highest BCUT2D eigenvalue weighted by Gasteiger charge is 2.14. The van der Waals surface area contributed by atoms with E-state index in [-0.39, 0.29) is 5.97 Å². The fraction of sp³-hybridized carbons (Fsp3) is 0.667. The molecule has 0 saturated carbocycles. The van der Waals surface area contributed by atoms with Gasteiger partial charge in [0.2, 0.25) is 0 Å². The molecule has 0 aliphatic heterocycles. The highest BCUT2D eigenvalue weighted by Crippen LogP contribution is 2.20. The van der Waals surface area contributed by atoms with Crippen molar-refractivity contribution in [3.63, 3.8) is 0 Å². The number of carbonyl (C=O) groups is 1. The molecule has 1 N–H and O–H groups in total. The Hall–Kier alpha value is -1.20. The molecule has 0 aliphatic carbocycles. The van der Waals surface area contributed by atoms with Gasteiger partial charge in [0.1, 0.15) is 13.2 Å². The molecule has 5 heteroatoms. The van der Waals surface area contributed by atoms with E-state index in [0.717, 1.165) is 22.5 Å². The molecule has 0 atom stereocenters. The summed E-state index contributed by atoms with van der Waals surface area (Å²) in [4.78, 5) is 12.3. The zero-order chi connectivity index (χ0) is 19.3. The summed E-state index contributed by atoms with van der Waals surface area (Å²) < 4.78 is 9.54. The van der Waals surface area contributed by atoms with Crippen LogP contribution in [0.3, 0.4) is 0 Å². The zero-order valence-corrected chi connectivity index (χ0v) is 17.9. The van der Waals surface area contributed by atoms with Gasteiger partial charge in [0.15, 0.2) is 0 Å². The van der Waals surface area contributed by atoms with Gasteiger partial charge in [-0.25, -0.2) is 4.79 Å². The van der Waals surface area contributed by atoms with Crippen molar-refractivity contribution in [1.82, 2.24) is 0 Å². The lowest BCUT2D eigenvalue weighted by molar-refractivity contribution is -0.870. The minimum Gasteiger partial charge on any atom is -0.456 e. The van der Waals surface area contributed by atoms with Gasteiger partial charge in [-0.3, -0.25) is 0 Å². The van der Waals surface area contributed by atoms with E-state index in [1.165, 1.54) is 44.9 Å². The summed E-state index contributed by atoms with van der Waals surface area (Å²) in [6, 6.07) is 7.58. The van der Waals surface area contributed by atoms with Gasteiger partial charge in [0, 0.05) is 5.75 Å². The Morgan fingerprint density at radius 1 is 1.04 bits per heavy atom. The molecule has 26 heavy (non-hydrogen) atoms. The SMILES string of the molecule is CCCCCCCCCSNc1ccccc1C(=O)OCC[N+](C)(C)C. The predicted molar refractivity (Wildman–Crippen MR) is 114 cm³/mol. The Morgan fingerprint density at radius 3 is 2.38 bits per heavy atom. The molecule has 0 bridgehead atoms. The van der Waals surface area contributed by atoms with Crippen LogP contribution in [0.1, 0.15) is 62.2 Å². The predicted octanol–water partition coefficient (Wildman–Crippen LogP) is 5.36. The normalized spacial score (nSPS) is 11.4. The molecule has 0 heterocycles. The Morgan fingerprint density at radius 2 is 1.69 bits per heavy atom. The van der Waals surface area contributed by atoms with Crippen molar-refractivity contribution in [1.29, 1.82) is 0 Å². The fourth-order valence-corrected chi connectivity index (χ4v) is 3.28. The number of unbranched alkanes of at least 4 members (excludes halogenated alkanes) is 6. The van der Waals surface area contributed by atoms with Crippen LogP contribution < -0.4 is 4.72 Å². The summed E-state index contributed by atoms with van der Waals surface area (Å²) in [5, 5.41) is 0. The van der Waals surface area contributed by atoms with E-state index in [4.69, 9.17) is 4.74 Å². The van der Waals surface area contributed by atoms with Crippen LogP contribution in [0.25, 0.3) is 0 Å². The van der Waals surface area contributed by atoms with E-state index in [1.54, 1.807) is 11.9 Å². The van der Waals surface area contributed by atoms with Crippen LogP contribution in [0.5, 0.6) is 0 Å². The number of ether oxygens (including phenoxy) is 1. The summed E-state index contributed by atoms with van der Waals surface area (Å²) in [6.07, 6.45) is 9.21. The third kappa shape index (κ3) is 10.7. The Labute approximate surface area is 164 Å². The maximum absolute atomic E-state index is 12.3. The molecule has 0 saturated heterocycles. The van der Waals surface area contributed by atoms with Crippen LogP contribution in [0, 0.1) is 0 Å². The lowest BCUT2D eigenvalue weighted by atomic mass is 10.1. The minimum atomic E-state index is -0.252. The van der Waals surface area contributed by atoms with E-state index < -0.39 is 0 Å². The van der Waals surface area contributed by atoms with Gasteiger partial charge in [-0.2, -0.15) is 0 Å². The third-order valence-corrected chi connectivity index (χ3v) is 5.03. The molecule has 0 radical (unpaired) electrons. The number of hydrogen-bond acceptors (Lipinski definition) is 4. The van der Waals surface area contributed by atoms with Crippen molar-refractivity contribution in [3.8, 4) is 0 Å². The van der Waals surface area contributed by atoms with Gasteiger partial charge in [-0.15, -0.1) is 0 Å². The van der Waals surface area contributed by atoms with Crippen LogP contribution in [-0.2, 0) is 4.74 Å². The first kappa shape index (κ1) is 22.8. The van der Waals surface area contributed by atoms with Gasteiger partial charge in [-0.05, 0) is 18.6 Å². The van der Waals surface area contributed by atoms with Gasteiger partial charge >= 0.3 is 5.97 Å². The molecule has 0 fully saturated rings. The second kappa shape index (κ2) is 13.0. The second-order valence-corrected chi connectivity index (χ2v) is 8.67. The van der Waals surface area contributed by atoms with E-state index >= 15 is 0 Å². The summed E-state index contributed by atoms with van der Waals surface area (Å²) in [7, 11) is 6.26. The molecule has 0 spiro atoms. The van der Waals surface area contributed by atoms with Gasteiger partial charge in [-0.1, -0.05) is 69.5 Å². The number of benzene rings is 1. The van der Waals surface area contributed by atoms with E-state index in [0.29, 0.717) is 12.2 Å². The number of anilines is 1. The number of nitrogens with one attached hydrogen (secondary N) is 1. The van der Waals surface area contributed by atoms with E-state index in [2.05, 4.69) is 32.8 Å². The van der Waals surface area contributed by atoms with Crippen molar-refractivity contribution in [2.24, 2.45) is 0 Å². The second-order valence-electron chi connectivity index (χ2n) is 7.77. The average molecular weight is 382 g/mol. The zero-order valence-electron chi connectivity index (χ0n) is 17.1. The maximum atomic E-state index is 12.3. The summed E-state index contributed by atoms with van der Waals surface area (Å²) in [5.41, 5.74) is 1.46. The molecular weight excluding hydrogens is 344 g/mol. The molecule has 1 aromatic carbocycles. The van der Waals surface area contributed by atoms with Gasteiger partial charge in [0.05, 0.1) is 32.4 Å². The first-order valence-corrected chi connectivity index (χ1v) is 10.9. The van der Waals surface area contributed by atoms with Crippen molar-refractivity contribution < 1.29 is 14.0 Å². The largest absolute Gasteiger partial charge is 0.456 e. The van der Waals surface area contributed by atoms with Crippen molar-refractivity contribution in [2.75, 3.05) is 44.8 Å². The number of esters is 1. The van der Waals surface area contributed by atoms with Crippen molar-refractivity contribution in [2.45, 2.75) is 51.9 Å². The maximum Gasteiger partial charge on any atom is 0.340 e. The quantitative estimate of drug-likeness (QED) is 0.204. The van der Waals surface area contributed by atoms with Crippen LogP contribution in [-0.4, -0.2) is 50.5 Å². The van der Waals surface area contributed by atoms with Crippen LogP contribution >= 0.6 is 11.9 Å². The Kier molecular flexibility index (Phi) is 11.5. The van der Waals surface area contributed by atoms with Crippen LogP contribution in [0.4, 0.5) is 5.69 Å². The molecule has 1 rings (SSSR count). The van der Waals surface area contributed by atoms with Crippen LogP contribution in [0.2, 0.25) is 0 Å². The number of carbonyl (C=O) groups excluding carboxylic acids is 1. The number of likely N-dealkylation sites (N-methyl/N-ethyl adjacent to an activating group) is 1. The number of hydrogen-bond donors (Lipinski definition) is 1. The van der Waals surface area contributed by atoms with Crippen molar-refractivity contribution >= 4 is 23.6 Å². The molecule has 0 amide bonds. The Bertz CT molecular complexity index is 515. The Balaban J connectivity index is 2.29. The van der Waals surface area contributed by atoms with Gasteiger partial charge in [0.25, 0.3) is 0 Å². The lowest BCUT2D eigenvalue weighted by Gasteiger charge is -2.23. The number of nitrogens with zero attached hydrogens (tertiary/aromatic N) is 1. The summed E-state index contributed by atoms with van der Waals surface area (Å²) >= 11 is 1.67. The minimum absolute atomic E-state index is 0.252. The van der Waals surface area contributed by atoms with E-state index in [9.17, 15) is 4.79 Å². The number of para-hydroxylation sites is 1. The van der Waals surface area contributed by atoms with Gasteiger partial charge < -0.3 is 13.9 Å². The smallest absolute Gasteiger partial charge is 0.340 e. The summed E-state index contributed by atoms with van der Waals surface area (Å²) in [6.45, 7) is 3.48. The molecule has 148 valence electrons. The fourth-order valence-electron chi connectivity index (χ4n) is 2.50. The molecular formula is C21H37N2O2S+. The lowest BCUT2D eigenvalue weighted by Crippen LogP contribution is -2.38. The van der Waals surface area contributed by atoms with Crippen molar-refractivity contribution in [3.05, 3.63) is 29.8 Å². The average Bonchev–Trinajstić information content (AvgIpc) is 2.59. The first-order valence-electron chi connectivity index (χ1n) is 9.88. The highest BCUT2D eigenvalue weighted by molar-refractivity contribution is 8.00. The topological polar surface area (TPSA) is 38.3 Å². The highest BCUT2D eigenvalue weighted by atomic mass is 32.2. The van der Waals surface area contributed by atoms with E-state index in [1.807, 2.05) is 24.3 Å². The third-order valence-electron chi connectivity index (χ3n) is 4.17. The monoisotopic (exact) mass is 381 g/mol. The molecule has 0 aromatic heterocycles. The molecule has 1 aromatic rings. The summed E-state index contributed by atoms with van der Waals surface area (Å²) in [5.74, 6) is 0.802. The molecule has 0 unspecified atom stereocenters. The standard InChI is InChI=1S/C21H36N2O2S/c1-5-6-7-8-9-10-13-18-26-22-20-15-12-11-14-19(20)21(24)25-17-16-23(2,3)4/h11-12,14-15H,5-10,13,16-18H2,1-4H3/p+1. The number of quaternary nitrogens is 1.